The quantitative estimate of drug-likeness (QED) is 0.730. The molecular weight excluding hydrogens is 362 g/mol. The minimum atomic E-state index is -0.409. The van der Waals surface area contributed by atoms with Crippen molar-refractivity contribution in [1.29, 1.82) is 0 Å². The number of anilines is 2. The minimum Gasteiger partial charge on any atom is -0.479 e. The highest BCUT2D eigenvalue weighted by Gasteiger charge is 2.12. The van der Waals surface area contributed by atoms with Crippen LogP contribution in [0.4, 0.5) is 16.4 Å². The van der Waals surface area contributed by atoms with Gasteiger partial charge in [-0.25, -0.2) is 9.20 Å². The average Bonchev–Trinajstić information content (AvgIpc) is 2.94. The number of benzene rings is 1. The molecule has 0 spiro atoms. The monoisotopic (exact) mass is 375 g/mol. The highest BCUT2D eigenvalue weighted by Crippen LogP contribution is 2.19. The van der Waals surface area contributed by atoms with Crippen molar-refractivity contribution < 1.29 is 9.53 Å². The van der Waals surface area contributed by atoms with Crippen molar-refractivity contribution in [3.8, 4) is 5.88 Å². The highest BCUT2D eigenvalue weighted by atomic mass is 79.9. The SMILES string of the molecule is CCOc1cccc2nnc(NC(=O)Nc3ccc(Br)cc3)n12. The molecule has 0 aliphatic heterocycles. The molecule has 3 aromatic rings. The van der Waals surface area contributed by atoms with E-state index < -0.39 is 6.03 Å². The van der Waals surface area contributed by atoms with Gasteiger partial charge in [0.15, 0.2) is 5.65 Å². The van der Waals surface area contributed by atoms with Gasteiger partial charge in [-0.05, 0) is 43.3 Å². The summed E-state index contributed by atoms with van der Waals surface area (Å²) < 4.78 is 8.12. The molecule has 23 heavy (non-hydrogen) atoms. The molecule has 0 saturated carbocycles. The first-order chi connectivity index (χ1) is 11.2. The van der Waals surface area contributed by atoms with Crippen LogP contribution in [0, 0.1) is 0 Å². The lowest BCUT2D eigenvalue weighted by molar-refractivity contribution is 0.262. The van der Waals surface area contributed by atoms with Crippen molar-refractivity contribution in [3.63, 3.8) is 0 Å². The predicted molar refractivity (Wildman–Crippen MR) is 90.9 cm³/mol. The van der Waals surface area contributed by atoms with Gasteiger partial charge in [0.1, 0.15) is 0 Å². The number of urea groups is 1. The average molecular weight is 376 g/mol. The van der Waals surface area contributed by atoms with Crippen molar-refractivity contribution in [1.82, 2.24) is 14.6 Å². The zero-order valence-electron chi connectivity index (χ0n) is 12.3. The van der Waals surface area contributed by atoms with Gasteiger partial charge >= 0.3 is 6.03 Å². The third-order valence-corrected chi connectivity index (χ3v) is 3.54. The molecule has 0 bridgehead atoms. The molecule has 2 amide bonds. The summed E-state index contributed by atoms with van der Waals surface area (Å²) in [6, 6.07) is 12.2. The van der Waals surface area contributed by atoms with Crippen molar-refractivity contribution >= 4 is 39.2 Å². The lowest BCUT2D eigenvalue weighted by Crippen LogP contribution is -2.21. The molecule has 3 rings (SSSR count). The van der Waals surface area contributed by atoms with Crippen molar-refractivity contribution in [3.05, 3.63) is 46.9 Å². The van der Waals surface area contributed by atoms with Crippen LogP contribution < -0.4 is 15.4 Å². The second-order valence-corrected chi connectivity index (χ2v) is 5.52. The van der Waals surface area contributed by atoms with Gasteiger partial charge in [-0.1, -0.05) is 22.0 Å². The fraction of sp³-hybridized carbons (Fsp3) is 0.133. The Bertz CT molecular complexity index is 832. The Morgan fingerprint density at radius 2 is 1.96 bits per heavy atom. The molecule has 7 nitrogen and oxygen atoms in total. The Hall–Kier alpha value is -2.61. The summed E-state index contributed by atoms with van der Waals surface area (Å²) >= 11 is 3.35. The van der Waals surface area contributed by atoms with Gasteiger partial charge in [0.2, 0.25) is 11.8 Å². The number of carbonyl (C=O) groups is 1. The van der Waals surface area contributed by atoms with Crippen molar-refractivity contribution in [2.75, 3.05) is 17.2 Å². The van der Waals surface area contributed by atoms with E-state index in [0.717, 1.165) is 4.47 Å². The number of hydrogen-bond donors (Lipinski definition) is 2. The van der Waals surface area contributed by atoms with Crippen LogP contribution in [0.25, 0.3) is 5.65 Å². The van der Waals surface area contributed by atoms with E-state index in [1.807, 2.05) is 25.1 Å². The van der Waals surface area contributed by atoms with Crippen LogP contribution in [0.15, 0.2) is 46.9 Å². The number of rotatable bonds is 4. The van der Waals surface area contributed by atoms with Gasteiger partial charge in [-0.15, -0.1) is 10.2 Å². The van der Waals surface area contributed by atoms with Gasteiger partial charge in [-0.3, -0.25) is 5.32 Å². The summed E-state index contributed by atoms with van der Waals surface area (Å²) in [6.07, 6.45) is 0. The van der Waals surface area contributed by atoms with E-state index in [4.69, 9.17) is 4.74 Å². The molecule has 0 fully saturated rings. The Morgan fingerprint density at radius 1 is 1.17 bits per heavy atom. The Kier molecular flexibility index (Phi) is 4.42. The van der Waals surface area contributed by atoms with Crippen LogP contribution >= 0.6 is 15.9 Å². The smallest absolute Gasteiger partial charge is 0.326 e. The Morgan fingerprint density at radius 3 is 2.70 bits per heavy atom. The largest absolute Gasteiger partial charge is 0.479 e. The first kappa shape index (κ1) is 15.3. The summed E-state index contributed by atoms with van der Waals surface area (Å²) in [5.74, 6) is 0.854. The van der Waals surface area contributed by atoms with Gasteiger partial charge in [-0.2, -0.15) is 0 Å². The third-order valence-electron chi connectivity index (χ3n) is 3.01. The van der Waals surface area contributed by atoms with Crippen LogP contribution in [0.2, 0.25) is 0 Å². The van der Waals surface area contributed by atoms with Crippen molar-refractivity contribution in [2.24, 2.45) is 0 Å². The standard InChI is InChI=1S/C15H14BrN5O2/c1-2-23-13-5-3-4-12-19-20-14(21(12)13)18-15(22)17-11-8-6-10(16)7-9-11/h3-9H,2H2,1H3,(H2,17,18,20,22). The normalized spacial score (nSPS) is 10.5. The maximum atomic E-state index is 12.1. The maximum absolute atomic E-state index is 12.1. The summed E-state index contributed by atoms with van der Waals surface area (Å²) in [4.78, 5) is 12.1. The third kappa shape index (κ3) is 3.42. The molecule has 1 aromatic carbocycles. The number of fused-ring (bicyclic) bond motifs is 1. The van der Waals surface area contributed by atoms with Crippen LogP contribution in [-0.2, 0) is 0 Å². The molecule has 8 heteroatoms. The molecule has 0 aliphatic carbocycles. The fourth-order valence-electron chi connectivity index (χ4n) is 2.05. The Balaban J connectivity index is 1.80. The summed E-state index contributed by atoms with van der Waals surface area (Å²) in [7, 11) is 0. The second kappa shape index (κ2) is 6.66. The number of aromatic nitrogens is 3. The van der Waals surface area contributed by atoms with E-state index >= 15 is 0 Å². The first-order valence-electron chi connectivity index (χ1n) is 6.98. The molecule has 0 radical (unpaired) electrons. The number of hydrogen-bond acceptors (Lipinski definition) is 4. The van der Waals surface area contributed by atoms with Crippen molar-refractivity contribution in [2.45, 2.75) is 6.92 Å². The van der Waals surface area contributed by atoms with Crippen LogP contribution in [0.3, 0.4) is 0 Å². The van der Waals surface area contributed by atoms with E-state index in [2.05, 4.69) is 36.8 Å². The summed E-state index contributed by atoms with van der Waals surface area (Å²) in [5.41, 5.74) is 1.26. The number of pyridine rings is 1. The zero-order valence-corrected chi connectivity index (χ0v) is 13.9. The number of ether oxygens (including phenoxy) is 1. The van der Waals surface area contributed by atoms with Crippen LogP contribution in [0.5, 0.6) is 5.88 Å². The van der Waals surface area contributed by atoms with E-state index in [0.29, 0.717) is 29.8 Å². The lowest BCUT2D eigenvalue weighted by Gasteiger charge is -2.09. The fourth-order valence-corrected chi connectivity index (χ4v) is 2.32. The minimum absolute atomic E-state index is 0.290. The van der Waals surface area contributed by atoms with Gasteiger partial charge < -0.3 is 10.1 Å². The highest BCUT2D eigenvalue weighted by molar-refractivity contribution is 9.10. The number of halogens is 1. The number of carbonyl (C=O) groups excluding carboxylic acids is 1. The van der Waals surface area contributed by atoms with Crippen LogP contribution in [-0.4, -0.2) is 27.2 Å². The summed E-state index contributed by atoms with van der Waals surface area (Å²) in [5, 5.41) is 13.4. The molecule has 0 unspecified atom stereocenters. The van der Waals surface area contributed by atoms with E-state index in [9.17, 15) is 4.79 Å². The molecule has 2 heterocycles. The predicted octanol–water partition coefficient (Wildman–Crippen LogP) is 3.53. The van der Waals surface area contributed by atoms with E-state index in [-0.39, 0.29) is 0 Å². The van der Waals surface area contributed by atoms with Gasteiger partial charge in [0.25, 0.3) is 0 Å². The number of nitrogens with one attached hydrogen (secondary N) is 2. The maximum Gasteiger partial charge on any atom is 0.326 e. The lowest BCUT2D eigenvalue weighted by atomic mass is 10.3. The summed E-state index contributed by atoms with van der Waals surface area (Å²) in [6.45, 7) is 2.39. The molecule has 118 valence electrons. The molecule has 2 aromatic heterocycles. The Labute approximate surface area is 140 Å². The first-order valence-corrected chi connectivity index (χ1v) is 7.77. The van der Waals surface area contributed by atoms with E-state index in [1.54, 1.807) is 28.7 Å². The molecular formula is C15H14BrN5O2. The zero-order chi connectivity index (χ0) is 16.2. The molecule has 0 atom stereocenters. The van der Waals surface area contributed by atoms with Crippen LogP contribution in [0.1, 0.15) is 6.92 Å². The second-order valence-electron chi connectivity index (χ2n) is 4.60. The molecule has 0 saturated heterocycles. The van der Waals surface area contributed by atoms with Gasteiger partial charge in [0, 0.05) is 10.2 Å². The number of amides is 2. The topological polar surface area (TPSA) is 80.6 Å². The molecule has 0 aliphatic rings. The van der Waals surface area contributed by atoms with Gasteiger partial charge in [0.05, 0.1) is 6.61 Å². The number of nitrogens with zero attached hydrogens (tertiary/aromatic N) is 3. The van der Waals surface area contributed by atoms with E-state index in [1.165, 1.54) is 0 Å². The molecule has 2 N–H and O–H groups in total.